The number of fused-ring (bicyclic) bond motifs is 1. The van der Waals surface area contributed by atoms with E-state index in [9.17, 15) is 4.79 Å². The first kappa shape index (κ1) is 9.00. The minimum atomic E-state index is -0.674. The van der Waals surface area contributed by atoms with Crippen LogP contribution in [0.25, 0.3) is 0 Å². The number of carboxylic acid groups (broad SMARTS) is 1. The van der Waals surface area contributed by atoms with Crippen molar-refractivity contribution < 1.29 is 9.90 Å². The molecule has 3 unspecified atom stereocenters. The third kappa shape index (κ3) is 1.70. The van der Waals surface area contributed by atoms with Gasteiger partial charge in [0.05, 0.1) is 6.42 Å². The lowest BCUT2D eigenvalue weighted by Gasteiger charge is -2.28. The van der Waals surface area contributed by atoms with Crippen molar-refractivity contribution in [3.63, 3.8) is 0 Å². The lowest BCUT2D eigenvalue weighted by molar-refractivity contribution is -0.138. The van der Waals surface area contributed by atoms with Crippen LogP contribution < -0.4 is 0 Å². The third-order valence-corrected chi connectivity index (χ3v) is 3.61. The predicted molar refractivity (Wildman–Crippen MR) is 49.5 cm³/mol. The van der Waals surface area contributed by atoms with Crippen LogP contribution in [0, 0.1) is 11.8 Å². The number of carbonyl (C=O) groups is 1. The molecule has 1 saturated carbocycles. The highest BCUT2D eigenvalue weighted by Crippen LogP contribution is 2.41. The van der Waals surface area contributed by atoms with Crippen LogP contribution in [0.4, 0.5) is 0 Å². The maximum Gasteiger partial charge on any atom is 0.304 e. The van der Waals surface area contributed by atoms with Gasteiger partial charge in [0.1, 0.15) is 0 Å². The molecular weight excluding hydrogens is 166 g/mol. The van der Waals surface area contributed by atoms with Crippen LogP contribution in [0.3, 0.4) is 0 Å². The van der Waals surface area contributed by atoms with Gasteiger partial charge in [-0.25, -0.2) is 0 Å². The number of carboxylic acids is 1. The van der Waals surface area contributed by atoms with Gasteiger partial charge in [-0.3, -0.25) is 9.69 Å². The van der Waals surface area contributed by atoms with Gasteiger partial charge < -0.3 is 5.11 Å². The van der Waals surface area contributed by atoms with Crippen LogP contribution in [0.5, 0.6) is 0 Å². The highest BCUT2D eigenvalue weighted by molar-refractivity contribution is 5.67. The Morgan fingerprint density at radius 1 is 1.46 bits per heavy atom. The zero-order valence-electron chi connectivity index (χ0n) is 8.07. The molecule has 3 nitrogen and oxygen atoms in total. The zero-order chi connectivity index (χ0) is 9.42. The molecule has 1 saturated heterocycles. The van der Waals surface area contributed by atoms with Gasteiger partial charge in [0.2, 0.25) is 0 Å². The number of likely N-dealkylation sites (tertiary alicyclic amines) is 1. The minimum Gasteiger partial charge on any atom is -0.481 e. The molecular formula is C10H17NO2. The van der Waals surface area contributed by atoms with Crippen LogP contribution in [0.2, 0.25) is 0 Å². The second-order valence-corrected chi connectivity index (χ2v) is 4.50. The van der Waals surface area contributed by atoms with Crippen molar-refractivity contribution in [3.05, 3.63) is 0 Å². The Morgan fingerprint density at radius 3 is 2.38 bits per heavy atom. The molecule has 74 valence electrons. The van der Waals surface area contributed by atoms with Crippen molar-refractivity contribution in [1.82, 2.24) is 4.90 Å². The Hall–Kier alpha value is -0.570. The molecule has 1 N–H and O–H groups in total. The van der Waals surface area contributed by atoms with E-state index >= 15 is 0 Å². The summed E-state index contributed by atoms with van der Waals surface area (Å²) in [5.74, 6) is 1.10. The molecule has 1 aliphatic carbocycles. The second kappa shape index (κ2) is 3.29. The van der Waals surface area contributed by atoms with E-state index in [4.69, 9.17) is 5.11 Å². The smallest absolute Gasteiger partial charge is 0.304 e. The molecule has 0 aromatic carbocycles. The summed E-state index contributed by atoms with van der Waals surface area (Å²) >= 11 is 0. The Bertz CT molecular complexity index is 205. The molecule has 1 heterocycles. The van der Waals surface area contributed by atoms with Crippen LogP contribution in [-0.4, -0.2) is 35.1 Å². The SMILES string of the molecule is CC(CC(=O)O)N1CC2CCC2C1. The van der Waals surface area contributed by atoms with E-state index in [2.05, 4.69) is 4.90 Å². The van der Waals surface area contributed by atoms with Crippen molar-refractivity contribution in [2.45, 2.75) is 32.2 Å². The second-order valence-electron chi connectivity index (χ2n) is 4.50. The molecule has 2 aliphatic rings. The quantitative estimate of drug-likeness (QED) is 0.714. The van der Waals surface area contributed by atoms with Gasteiger partial charge in [0.15, 0.2) is 0 Å². The molecule has 0 spiro atoms. The van der Waals surface area contributed by atoms with Crippen LogP contribution in [-0.2, 0) is 4.79 Å². The average molecular weight is 183 g/mol. The number of nitrogens with zero attached hydrogens (tertiary/aromatic N) is 1. The highest BCUT2D eigenvalue weighted by Gasteiger charge is 2.40. The van der Waals surface area contributed by atoms with E-state index in [1.807, 2.05) is 6.92 Å². The van der Waals surface area contributed by atoms with Gasteiger partial charge >= 0.3 is 5.97 Å². The van der Waals surface area contributed by atoms with E-state index < -0.39 is 5.97 Å². The van der Waals surface area contributed by atoms with E-state index in [0.717, 1.165) is 24.9 Å². The Labute approximate surface area is 78.7 Å². The number of aliphatic carboxylic acids is 1. The summed E-state index contributed by atoms with van der Waals surface area (Å²) in [4.78, 5) is 12.9. The molecule has 0 aromatic rings. The predicted octanol–water partition coefficient (Wildman–Crippen LogP) is 1.19. The van der Waals surface area contributed by atoms with E-state index in [1.165, 1.54) is 12.8 Å². The largest absolute Gasteiger partial charge is 0.481 e. The fourth-order valence-electron chi connectivity index (χ4n) is 2.54. The highest BCUT2D eigenvalue weighted by atomic mass is 16.4. The molecule has 3 atom stereocenters. The van der Waals surface area contributed by atoms with Crippen LogP contribution in [0.1, 0.15) is 26.2 Å². The lowest BCUT2D eigenvalue weighted by atomic mass is 9.77. The van der Waals surface area contributed by atoms with Crippen molar-refractivity contribution in [2.24, 2.45) is 11.8 Å². The van der Waals surface area contributed by atoms with Gasteiger partial charge in [-0.2, -0.15) is 0 Å². The third-order valence-electron chi connectivity index (χ3n) is 3.61. The maximum absolute atomic E-state index is 10.5. The van der Waals surface area contributed by atoms with E-state index in [-0.39, 0.29) is 6.04 Å². The minimum absolute atomic E-state index is 0.225. The molecule has 13 heavy (non-hydrogen) atoms. The van der Waals surface area contributed by atoms with Crippen molar-refractivity contribution in [3.8, 4) is 0 Å². The first-order valence-electron chi connectivity index (χ1n) is 5.12. The first-order valence-corrected chi connectivity index (χ1v) is 5.12. The summed E-state index contributed by atoms with van der Waals surface area (Å²) in [5.41, 5.74) is 0. The first-order chi connectivity index (χ1) is 6.16. The van der Waals surface area contributed by atoms with Crippen molar-refractivity contribution in [1.29, 1.82) is 0 Å². The lowest BCUT2D eigenvalue weighted by Crippen LogP contribution is -2.32. The molecule has 0 amide bonds. The molecule has 0 radical (unpaired) electrons. The molecule has 1 aliphatic heterocycles. The van der Waals surface area contributed by atoms with Gasteiger partial charge in [0, 0.05) is 19.1 Å². The molecule has 2 rings (SSSR count). The standard InChI is InChI=1S/C10H17NO2/c1-7(4-10(12)13)11-5-8-2-3-9(8)6-11/h7-9H,2-6H2,1H3,(H,12,13). The Kier molecular flexibility index (Phi) is 2.28. The van der Waals surface area contributed by atoms with Gasteiger partial charge in [-0.15, -0.1) is 0 Å². The van der Waals surface area contributed by atoms with Crippen molar-refractivity contribution in [2.75, 3.05) is 13.1 Å². The van der Waals surface area contributed by atoms with E-state index in [0.29, 0.717) is 6.42 Å². The van der Waals surface area contributed by atoms with E-state index in [1.54, 1.807) is 0 Å². The number of hydrogen-bond acceptors (Lipinski definition) is 2. The number of rotatable bonds is 3. The van der Waals surface area contributed by atoms with Gasteiger partial charge in [-0.05, 0) is 31.6 Å². The van der Waals surface area contributed by atoms with Gasteiger partial charge in [0.25, 0.3) is 0 Å². The summed E-state index contributed by atoms with van der Waals surface area (Å²) in [6.45, 7) is 4.30. The Morgan fingerprint density at radius 2 is 2.00 bits per heavy atom. The van der Waals surface area contributed by atoms with Crippen LogP contribution >= 0.6 is 0 Å². The summed E-state index contributed by atoms with van der Waals surface area (Å²) in [6, 6.07) is 0.225. The summed E-state index contributed by atoms with van der Waals surface area (Å²) in [6.07, 6.45) is 3.02. The summed E-state index contributed by atoms with van der Waals surface area (Å²) < 4.78 is 0. The molecule has 0 aromatic heterocycles. The molecule has 0 bridgehead atoms. The van der Waals surface area contributed by atoms with Gasteiger partial charge in [-0.1, -0.05) is 0 Å². The number of hydrogen-bond donors (Lipinski definition) is 1. The normalized spacial score (nSPS) is 35.2. The topological polar surface area (TPSA) is 40.5 Å². The Balaban J connectivity index is 1.84. The zero-order valence-corrected chi connectivity index (χ0v) is 8.07. The summed E-state index contributed by atoms with van der Waals surface area (Å²) in [5, 5.41) is 8.66. The average Bonchev–Trinajstić information content (AvgIpc) is 2.26. The monoisotopic (exact) mass is 183 g/mol. The molecule has 3 heteroatoms. The van der Waals surface area contributed by atoms with Crippen LogP contribution in [0.15, 0.2) is 0 Å². The summed E-state index contributed by atoms with van der Waals surface area (Å²) in [7, 11) is 0. The van der Waals surface area contributed by atoms with Crippen molar-refractivity contribution >= 4 is 5.97 Å². The fourth-order valence-corrected chi connectivity index (χ4v) is 2.54. The fraction of sp³-hybridized carbons (Fsp3) is 0.900. The molecule has 2 fully saturated rings. The maximum atomic E-state index is 10.5.